The second kappa shape index (κ2) is 6.69. The predicted octanol–water partition coefficient (Wildman–Crippen LogP) is 2.09. The van der Waals surface area contributed by atoms with Gasteiger partial charge < -0.3 is 14.8 Å². The Bertz CT molecular complexity index is 605. The highest BCUT2D eigenvalue weighted by Crippen LogP contribution is 2.20. The molecule has 112 valence electrons. The molecule has 1 fully saturated rings. The van der Waals surface area contributed by atoms with Crippen LogP contribution in [-0.4, -0.2) is 42.0 Å². The average molecular weight is 289 g/mol. The van der Waals surface area contributed by atoms with Gasteiger partial charge in [0.1, 0.15) is 0 Å². The predicted molar refractivity (Wildman–Crippen MR) is 79.1 cm³/mol. The molecule has 1 aromatic heterocycles. The van der Waals surface area contributed by atoms with Crippen LogP contribution >= 0.6 is 0 Å². The molecule has 6 nitrogen and oxygen atoms in total. The second-order valence-corrected chi connectivity index (χ2v) is 5.15. The summed E-state index contributed by atoms with van der Waals surface area (Å²) in [6.45, 7) is 1.80. The van der Waals surface area contributed by atoms with E-state index < -0.39 is 0 Å². The number of hydrogen-bond donors (Lipinski definition) is 2. The minimum Gasteiger partial charge on any atom is -0.378 e. The van der Waals surface area contributed by atoms with E-state index in [0.717, 1.165) is 36.0 Å². The van der Waals surface area contributed by atoms with Crippen LogP contribution in [0, 0.1) is 0 Å². The monoisotopic (exact) mass is 289 g/mol. The van der Waals surface area contributed by atoms with Crippen LogP contribution in [0.25, 0.3) is 10.9 Å². The zero-order valence-corrected chi connectivity index (χ0v) is 11.8. The molecular formula is C15H19N3O3. The van der Waals surface area contributed by atoms with Crippen molar-refractivity contribution >= 4 is 22.5 Å². The summed E-state index contributed by atoms with van der Waals surface area (Å²) in [5.41, 5.74) is 1.58. The number of hydrogen-bond acceptors (Lipinski definition) is 4. The quantitative estimate of drug-likeness (QED) is 0.798. The normalized spacial score (nSPS) is 18.2. The topological polar surface area (TPSA) is 76.2 Å². The summed E-state index contributed by atoms with van der Waals surface area (Å²) >= 11 is 0. The van der Waals surface area contributed by atoms with Crippen LogP contribution in [0.2, 0.25) is 0 Å². The Labute approximate surface area is 122 Å². The SMILES string of the molecule is O=C(CCOC[C@H]1CCCO1)Nc1cccc2cn[nH]c12. The van der Waals surface area contributed by atoms with Crippen molar-refractivity contribution in [3.05, 3.63) is 24.4 Å². The molecule has 0 saturated carbocycles. The fourth-order valence-electron chi connectivity index (χ4n) is 2.44. The van der Waals surface area contributed by atoms with Gasteiger partial charge in [0.05, 0.1) is 43.1 Å². The van der Waals surface area contributed by atoms with Gasteiger partial charge in [0.25, 0.3) is 0 Å². The Morgan fingerprint density at radius 1 is 1.52 bits per heavy atom. The number of nitrogens with one attached hydrogen (secondary N) is 2. The van der Waals surface area contributed by atoms with Crippen LogP contribution in [0.3, 0.4) is 0 Å². The maximum Gasteiger partial charge on any atom is 0.226 e. The van der Waals surface area contributed by atoms with Gasteiger partial charge in [-0.05, 0) is 18.9 Å². The van der Waals surface area contributed by atoms with E-state index in [1.165, 1.54) is 0 Å². The lowest BCUT2D eigenvalue weighted by Gasteiger charge is -2.10. The van der Waals surface area contributed by atoms with Crippen molar-refractivity contribution in [2.75, 3.05) is 25.1 Å². The lowest BCUT2D eigenvalue weighted by molar-refractivity contribution is -0.117. The Balaban J connectivity index is 1.44. The van der Waals surface area contributed by atoms with E-state index >= 15 is 0 Å². The van der Waals surface area contributed by atoms with E-state index in [1.54, 1.807) is 6.20 Å². The molecule has 0 radical (unpaired) electrons. The fourth-order valence-corrected chi connectivity index (χ4v) is 2.44. The van der Waals surface area contributed by atoms with Crippen molar-refractivity contribution in [2.24, 2.45) is 0 Å². The highest BCUT2D eigenvalue weighted by molar-refractivity contribution is 6.00. The number of ether oxygens (including phenoxy) is 2. The van der Waals surface area contributed by atoms with Gasteiger partial charge in [-0.2, -0.15) is 5.10 Å². The summed E-state index contributed by atoms with van der Waals surface area (Å²) < 4.78 is 11.0. The van der Waals surface area contributed by atoms with E-state index in [-0.39, 0.29) is 12.0 Å². The molecule has 3 rings (SSSR count). The van der Waals surface area contributed by atoms with Gasteiger partial charge in [-0.1, -0.05) is 12.1 Å². The first kappa shape index (κ1) is 14.0. The Morgan fingerprint density at radius 2 is 2.48 bits per heavy atom. The maximum atomic E-state index is 11.9. The van der Waals surface area contributed by atoms with Crippen molar-refractivity contribution in [1.29, 1.82) is 0 Å². The summed E-state index contributed by atoms with van der Waals surface area (Å²) in [4.78, 5) is 11.9. The van der Waals surface area contributed by atoms with E-state index in [1.807, 2.05) is 18.2 Å². The largest absolute Gasteiger partial charge is 0.378 e. The number of carbonyl (C=O) groups excluding carboxylic acids is 1. The number of carbonyl (C=O) groups is 1. The minimum absolute atomic E-state index is 0.0653. The molecule has 0 aliphatic carbocycles. The highest BCUT2D eigenvalue weighted by Gasteiger charge is 2.15. The first-order valence-electron chi connectivity index (χ1n) is 7.24. The number of aromatic amines is 1. The smallest absolute Gasteiger partial charge is 0.226 e. The number of amides is 1. The van der Waals surface area contributed by atoms with Crippen LogP contribution < -0.4 is 5.32 Å². The van der Waals surface area contributed by atoms with E-state index in [4.69, 9.17) is 9.47 Å². The van der Waals surface area contributed by atoms with Crippen LogP contribution in [0.4, 0.5) is 5.69 Å². The molecule has 1 amide bonds. The molecule has 1 aliphatic heterocycles. The van der Waals surface area contributed by atoms with Gasteiger partial charge in [0, 0.05) is 12.0 Å². The van der Waals surface area contributed by atoms with Gasteiger partial charge >= 0.3 is 0 Å². The number of benzene rings is 1. The summed E-state index contributed by atoms with van der Waals surface area (Å²) in [6, 6.07) is 5.69. The first-order valence-corrected chi connectivity index (χ1v) is 7.24. The van der Waals surface area contributed by atoms with Crippen LogP contribution in [-0.2, 0) is 14.3 Å². The molecule has 1 aliphatic rings. The third-order valence-corrected chi connectivity index (χ3v) is 3.55. The van der Waals surface area contributed by atoms with Crippen molar-refractivity contribution in [1.82, 2.24) is 10.2 Å². The molecule has 2 heterocycles. The van der Waals surface area contributed by atoms with Gasteiger partial charge in [-0.25, -0.2) is 0 Å². The Kier molecular flexibility index (Phi) is 4.47. The average Bonchev–Trinajstić information content (AvgIpc) is 3.15. The zero-order valence-electron chi connectivity index (χ0n) is 11.8. The first-order chi connectivity index (χ1) is 10.3. The van der Waals surface area contributed by atoms with Gasteiger partial charge in [0.15, 0.2) is 0 Å². The molecular weight excluding hydrogens is 270 g/mol. The molecule has 1 saturated heterocycles. The summed E-state index contributed by atoms with van der Waals surface area (Å²) in [7, 11) is 0. The lowest BCUT2D eigenvalue weighted by Crippen LogP contribution is -2.18. The van der Waals surface area contributed by atoms with Gasteiger partial charge in [0.2, 0.25) is 5.91 Å². The fraction of sp³-hybridized carbons (Fsp3) is 0.467. The van der Waals surface area contributed by atoms with Crippen molar-refractivity contribution in [2.45, 2.75) is 25.4 Å². The number of aromatic nitrogens is 2. The molecule has 1 aromatic carbocycles. The summed E-state index contributed by atoms with van der Waals surface area (Å²) in [6.07, 6.45) is 4.41. The number of H-pyrrole nitrogens is 1. The standard InChI is InChI=1S/C15H19N3O3/c19-14(6-8-20-10-12-4-2-7-21-12)17-13-5-1-3-11-9-16-18-15(11)13/h1,3,5,9,12H,2,4,6-8,10H2,(H,16,18)(H,17,19)/t12-/m1/s1. The molecule has 6 heteroatoms. The van der Waals surface area contributed by atoms with Gasteiger partial charge in [-0.15, -0.1) is 0 Å². The number of anilines is 1. The third-order valence-electron chi connectivity index (χ3n) is 3.55. The molecule has 1 atom stereocenters. The molecule has 21 heavy (non-hydrogen) atoms. The Hall–Kier alpha value is -1.92. The van der Waals surface area contributed by atoms with Crippen molar-refractivity contribution in [3.8, 4) is 0 Å². The van der Waals surface area contributed by atoms with Crippen molar-refractivity contribution in [3.63, 3.8) is 0 Å². The molecule has 2 aromatic rings. The molecule has 0 spiro atoms. The van der Waals surface area contributed by atoms with Crippen LogP contribution in [0.15, 0.2) is 24.4 Å². The van der Waals surface area contributed by atoms with E-state index in [9.17, 15) is 4.79 Å². The summed E-state index contributed by atoms with van der Waals surface area (Å²) in [5, 5.41) is 10.7. The number of rotatable bonds is 6. The number of nitrogens with zero attached hydrogens (tertiary/aromatic N) is 1. The maximum absolute atomic E-state index is 11.9. The number of fused-ring (bicyclic) bond motifs is 1. The second-order valence-electron chi connectivity index (χ2n) is 5.15. The van der Waals surface area contributed by atoms with Crippen LogP contribution in [0.5, 0.6) is 0 Å². The third kappa shape index (κ3) is 3.59. The molecule has 0 bridgehead atoms. The van der Waals surface area contributed by atoms with Gasteiger partial charge in [-0.3, -0.25) is 9.89 Å². The highest BCUT2D eigenvalue weighted by atomic mass is 16.5. The Morgan fingerprint density at radius 3 is 3.33 bits per heavy atom. The van der Waals surface area contributed by atoms with Crippen molar-refractivity contribution < 1.29 is 14.3 Å². The van der Waals surface area contributed by atoms with E-state index in [0.29, 0.717) is 19.6 Å². The lowest BCUT2D eigenvalue weighted by atomic mass is 10.2. The molecule has 2 N–H and O–H groups in total. The zero-order chi connectivity index (χ0) is 14.5. The van der Waals surface area contributed by atoms with Crippen LogP contribution in [0.1, 0.15) is 19.3 Å². The van der Waals surface area contributed by atoms with E-state index in [2.05, 4.69) is 15.5 Å². The summed E-state index contributed by atoms with van der Waals surface area (Å²) in [5.74, 6) is -0.0653. The molecule has 0 unspecified atom stereocenters. The number of para-hydroxylation sites is 1. The minimum atomic E-state index is -0.0653.